The van der Waals surface area contributed by atoms with Crippen LogP contribution in [-0.4, -0.2) is 19.3 Å². The molecule has 1 aliphatic rings. The summed E-state index contributed by atoms with van der Waals surface area (Å²) in [6.07, 6.45) is -4.38. The van der Waals surface area contributed by atoms with Crippen molar-refractivity contribution in [3.63, 3.8) is 0 Å². The van der Waals surface area contributed by atoms with E-state index in [1.165, 1.54) is 7.05 Å². The molecule has 108 valence electrons. The Kier molecular flexibility index (Phi) is 4.57. The van der Waals surface area contributed by atoms with E-state index in [1.54, 1.807) is 0 Å². The molecule has 0 N–H and O–H groups in total. The number of benzene rings is 1. The summed E-state index contributed by atoms with van der Waals surface area (Å²) >= 11 is 5.38. The Bertz CT molecular complexity index is 477. The van der Waals surface area contributed by atoms with Gasteiger partial charge in [0.2, 0.25) is 0 Å². The Morgan fingerprint density at radius 3 is 2.32 bits per heavy atom. The summed E-state index contributed by atoms with van der Waals surface area (Å²) in [5.41, 5.74) is -0.127. The quantitative estimate of drug-likeness (QED) is 0.575. The molecule has 1 aliphatic carbocycles. The highest BCUT2D eigenvalue weighted by Gasteiger charge is 2.57. The lowest BCUT2D eigenvalue weighted by Gasteiger charge is -2.21. The average molecular weight is 322 g/mol. The molecule has 1 aromatic rings. The minimum absolute atomic E-state index is 0. The maximum absolute atomic E-state index is 13.6. The Morgan fingerprint density at radius 1 is 1.26 bits per heavy atom. The lowest BCUT2D eigenvalue weighted by atomic mass is 10.2. The number of nitrogens with zero attached hydrogens (tertiary/aromatic N) is 1. The van der Waals surface area contributed by atoms with Crippen LogP contribution in [0.3, 0.4) is 0 Å². The standard InChI is InChI=1S/C11H9ClF5N.ClH/c1-18(8-4-5(8)11(15,16)17)7-3-2-6(13)9(12)10(7)14;/h2-3,5,8H,4H2,1H3;1H/t5-,8-;/m0./s1. The first-order valence-electron chi connectivity index (χ1n) is 5.16. The molecule has 0 bridgehead atoms. The van der Waals surface area contributed by atoms with E-state index in [1.807, 2.05) is 0 Å². The molecule has 0 amide bonds. The third-order valence-electron chi connectivity index (χ3n) is 3.07. The highest BCUT2D eigenvalue weighted by Crippen LogP contribution is 2.48. The largest absolute Gasteiger partial charge is 0.393 e. The zero-order valence-corrected chi connectivity index (χ0v) is 11.2. The van der Waals surface area contributed by atoms with Crippen LogP contribution in [0.25, 0.3) is 0 Å². The molecule has 1 nitrogen and oxygen atoms in total. The van der Waals surface area contributed by atoms with Gasteiger partial charge in [0.25, 0.3) is 0 Å². The van der Waals surface area contributed by atoms with Gasteiger partial charge in [0.1, 0.15) is 10.8 Å². The van der Waals surface area contributed by atoms with Gasteiger partial charge in [0, 0.05) is 13.1 Å². The van der Waals surface area contributed by atoms with Crippen molar-refractivity contribution in [3.05, 3.63) is 28.8 Å². The number of halogens is 7. The van der Waals surface area contributed by atoms with Gasteiger partial charge in [0.15, 0.2) is 5.82 Å². The van der Waals surface area contributed by atoms with Crippen LogP contribution in [0.15, 0.2) is 12.1 Å². The zero-order chi connectivity index (χ0) is 13.7. The molecule has 1 aromatic carbocycles. The van der Waals surface area contributed by atoms with Crippen LogP contribution in [0.4, 0.5) is 27.6 Å². The molecular formula is C11H10Cl2F5N. The molecule has 0 aliphatic heterocycles. The molecule has 2 atom stereocenters. The first-order chi connectivity index (χ1) is 8.23. The van der Waals surface area contributed by atoms with Gasteiger partial charge in [-0.05, 0) is 18.6 Å². The molecule has 1 fully saturated rings. The zero-order valence-electron chi connectivity index (χ0n) is 9.64. The fraction of sp³-hybridized carbons (Fsp3) is 0.455. The van der Waals surface area contributed by atoms with Gasteiger partial charge in [-0.2, -0.15) is 13.2 Å². The van der Waals surface area contributed by atoms with Crippen LogP contribution >= 0.6 is 24.0 Å². The van der Waals surface area contributed by atoms with Crippen molar-refractivity contribution in [3.8, 4) is 0 Å². The number of hydrogen-bond donors (Lipinski definition) is 0. The first-order valence-corrected chi connectivity index (χ1v) is 5.54. The summed E-state index contributed by atoms with van der Waals surface area (Å²) in [7, 11) is 1.34. The van der Waals surface area contributed by atoms with Crippen LogP contribution in [-0.2, 0) is 0 Å². The van der Waals surface area contributed by atoms with Gasteiger partial charge in [-0.15, -0.1) is 12.4 Å². The Labute approximate surface area is 117 Å². The summed E-state index contributed by atoms with van der Waals surface area (Å²) < 4.78 is 63.8. The lowest BCUT2D eigenvalue weighted by molar-refractivity contribution is -0.148. The second kappa shape index (κ2) is 5.32. The Morgan fingerprint density at radius 2 is 1.84 bits per heavy atom. The van der Waals surface area contributed by atoms with E-state index >= 15 is 0 Å². The molecule has 8 heteroatoms. The number of rotatable bonds is 2. The van der Waals surface area contributed by atoms with E-state index in [4.69, 9.17) is 11.6 Å². The summed E-state index contributed by atoms with van der Waals surface area (Å²) in [5, 5.41) is -0.705. The van der Waals surface area contributed by atoms with Crippen LogP contribution in [0, 0.1) is 17.6 Å². The van der Waals surface area contributed by atoms with Gasteiger partial charge in [-0.25, -0.2) is 8.78 Å². The van der Waals surface area contributed by atoms with Crippen LogP contribution in [0.1, 0.15) is 6.42 Å². The third kappa shape index (κ3) is 3.05. The maximum atomic E-state index is 13.6. The monoisotopic (exact) mass is 321 g/mol. The normalized spacial score (nSPS) is 21.8. The fourth-order valence-corrected chi connectivity index (χ4v) is 2.09. The van der Waals surface area contributed by atoms with Gasteiger partial charge in [-0.1, -0.05) is 11.6 Å². The van der Waals surface area contributed by atoms with Crippen LogP contribution in [0.2, 0.25) is 5.02 Å². The van der Waals surface area contributed by atoms with Crippen molar-refractivity contribution < 1.29 is 22.0 Å². The Hall–Kier alpha value is -0.750. The van der Waals surface area contributed by atoms with E-state index in [0.29, 0.717) is 0 Å². The first kappa shape index (κ1) is 16.3. The number of alkyl halides is 3. The van der Waals surface area contributed by atoms with E-state index in [9.17, 15) is 22.0 Å². The summed E-state index contributed by atoms with van der Waals surface area (Å²) in [6.45, 7) is 0. The van der Waals surface area contributed by atoms with E-state index in [2.05, 4.69) is 0 Å². The van der Waals surface area contributed by atoms with Gasteiger partial charge in [0.05, 0.1) is 11.6 Å². The summed E-state index contributed by atoms with van der Waals surface area (Å²) in [6, 6.07) is 1.20. The van der Waals surface area contributed by atoms with Crippen molar-refractivity contribution in [2.24, 2.45) is 5.92 Å². The number of anilines is 1. The molecule has 0 aromatic heterocycles. The topological polar surface area (TPSA) is 3.24 Å². The molecule has 0 heterocycles. The van der Waals surface area contributed by atoms with E-state index in [0.717, 1.165) is 17.0 Å². The molecular weight excluding hydrogens is 312 g/mol. The van der Waals surface area contributed by atoms with Gasteiger partial charge < -0.3 is 4.90 Å². The van der Waals surface area contributed by atoms with E-state index in [-0.39, 0.29) is 24.5 Å². The third-order valence-corrected chi connectivity index (χ3v) is 3.42. The molecule has 0 radical (unpaired) electrons. The highest BCUT2D eigenvalue weighted by molar-refractivity contribution is 6.31. The summed E-state index contributed by atoms with van der Waals surface area (Å²) in [5.74, 6) is -3.44. The van der Waals surface area contributed by atoms with Crippen molar-refractivity contribution in [2.75, 3.05) is 11.9 Å². The molecule has 19 heavy (non-hydrogen) atoms. The van der Waals surface area contributed by atoms with Gasteiger partial charge >= 0.3 is 6.18 Å². The minimum atomic E-state index is -4.29. The van der Waals surface area contributed by atoms with Crippen molar-refractivity contribution in [2.45, 2.75) is 18.6 Å². The van der Waals surface area contributed by atoms with Crippen LogP contribution < -0.4 is 4.90 Å². The average Bonchev–Trinajstić information content (AvgIpc) is 3.04. The SMILES string of the molecule is CN(c1ccc(F)c(Cl)c1F)[C@H]1C[C@@H]1C(F)(F)F.Cl. The summed E-state index contributed by atoms with van der Waals surface area (Å²) in [4.78, 5) is 1.15. The van der Waals surface area contributed by atoms with E-state index < -0.39 is 34.8 Å². The van der Waals surface area contributed by atoms with Gasteiger partial charge in [-0.3, -0.25) is 0 Å². The number of hydrogen-bond acceptors (Lipinski definition) is 1. The second-order valence-corrected chi connectivity index (χ2v) is 4.63. The van der Waals surface area contributed by atoms with Crippen molar-refractivity contribution in [1.82, 2.24) is 0 Å². The molecule has 0 spiro atoms. The minimum Gasteiger partial charge on any atom is -0.369 e. The highest BCUT2D eigenvalue weighted by atomic mass is 35.5. The molecule has 0 saturated heterocycles. The second-order valence-electron chi connectivity index (χ2n) is 4.26. The van der Waals surface area contributed by atoms with Crippen LogP contribution in [0.5, 0.6) is 0 Å². The molecule has 2 rings (SSSR count). The fourth-order valence-electron chi connectivity index (χ4n) is 1.93. The van der Waals surface area contributed by atoms with Crippen molar-refractivity contribution >= 4 is 29.7 Å². The molecule has 1 saturated carbocycles. The Balaban J connectivity index is 0.00000180. The van der Waals surface area contributed by atoms with Crippen molar-refractivity contribution in [1.29, 1.82) is 0 Å². The predicted octanol–water partition coefficient (Wildman–Crippen LogP) is 4.43. The predicted molar refractivity (Wildman–Crippen MR) is 65.0 cm³/mol. The lowest BCUT2D eigenvalue weighted by Crippen LogP contribution is -2.27. The molecule has 0 unspecified atom stereocenters. The smallest absolute Gasteiger partial charge is 0.369 e. The maximum Gasteiger partial charge on any atom is 0.393 e.